The zero-order valence-electron chi connectivity index (χ0n) is 11.7. The fraction of sp³-hybridized carbons (Fsp3) is 0.267. The Bertz CT molecular complexity index is 643. The summed E-state index contributed by atoms with van der Waals surface area (Å²) in [6.45, 7) is 5.71. The number of rotatable bonds is 8. The molecule has 2 rings (SSSR count). The van der Waals surface area contributed by atoms with E-state index in [9.17, 15) is 0 Å². The molecular formula is C15H18N4O2. The van der Waals surface area contributed by atoms with Crippen molar-refractivity contribution in [3.05, 3.63) is 42.6 Å². The van der Waals surface area contributed by atoms with Gasteiger partial charge in [0.25, 0.3) is 0 Å². The Morgan fingerprint density at radius 2 is 2.10 bits per heavy atom. The lowest BCUT2D eigenvalue weighted by atomic mass is 10.2. The van der Waals surface area contributed by atoms with E-state index in [1.54, 1.807) is 6.07 Å². The van der Waals surface area contributed by atoms with E-state index in [2.05, 4.69) is 16.7 Å². The molecule has 2 aromatic rings. The first-order chi connectivity index (χ1) is 10.2. The van der Waals surface area contributed by atoms with Crippen molar-refractivity contribution in [2.45, 2.75) is 0 Å². The lowest BCUT2D eigenvalue weighted by Gasteiger charge is -2.08. The molecule has 0 amide bonds. The molecule has 3 N–H and O–H groups in total. The Kier molecular flexibility index (Phi) is 5.36. The predicted octanol–water partition coefficient (Wildman–Crippen LogP) is 2.59. The normalized spacial score (nSPS) is 10.5. The van der Waals surface area contributed by atoms with Crippen LogP contribution in [0, 0.1) is 5.53 Å². The van der Waals surface area contributed by atoms with Crippen LogP contribution < -0.4 is 10.5 Å². The Labute approximate surface area is 123 Å². The molecule has 0 saturated heterocycles. The quantitative estimate of drug-likeness (QED) is 0.576. The molecule has 0 unspecified atom stereocenters. The maximum Gasteiger partial charge on any atom is 0.120 e. The topological polar surface area (TPSA) is 93.6 Å². The molecule has 6 heteroatoms. The second kappa shape index (κ2) is 7.47. The number of fused-ring (bicyclic) bond motifs is 1. The van der Waals surface area contributed by atoms with Crippen LogP contribution in [0.5, 0.6) is 5.75 Å². The molecule has 1 heterocycles. The summed E-state index contributed by atoms with van der Waals surface area (Å²) < 4.78 is 10.8. The third-order valence-electron chi connectivity index (χ3n) is 2.85. The molecule has 1 aromatic heterocycles. The summed E-state index contributed by atoms with van der Waals surface area (Å²) in [5, 5.41) is 4.25. The smallest absolute Gasteiger partial charge is 0.120 e. The molecule has 0 fully saturated rings. The molecule has 110 valence electrons. The van der Waals surface area contributed by atoms with Gasteiger partial charge in [-0.2, -0.15) is 5.11 Å². The number of benzene rings is 1. The van der Waals surface area contributed by atoms with Gasteiger partial charge in [-0.1, -0.05) is 12.6 Å². The minimum atomic E-state index is 0.342. The number of hydrogen-bond donors (Lipinski definition) is 2. The maximum absolute atomic E-state index is 6.96. The van der Waals surface area contributed by atoms with E-state index in [1.807, 2.05) is 24.3 Å². The summed E-state index contributed by atoms with van der Waals surface area (Å²) in [6, 6.07) is 9.33. The van der Waals surface area contributed by atoms with Crippen molar-refractivity contribution in [3.8, 4) is 5.75 Å². The van der Waals surface area contributed by atoms with Crippen LogP contribution in [0.3, 0.4) is 0 Å². The van der Waals surface area contributed by atoms with E-state index in [0.29, 0.717) is 37.8 Å². The van der Waals surface area contributed by atoms with Crippen LogP contribution in [0.15, 0.2) is 42.0 Å². The molecule has 0 aliphatic carbocycles. The lowest BCUT2D eigenvalue weighted by molar-refractivity contribution is 0.106. The van der Waals surface area contributed by atoms with Gasteiger partial charge in [-0.05, 0) is 24.3 Å². The van der Waals surface area contributed by atoms with Crippen LogP contribution in [0.2, 0.25) is 0 Å². The second-order valence-electron chi connectivity index (χ2n) is 4.36. The number of pyridine rings is 1. The number of nitrogens with one attached hydrogen (secondary N) is 1. The Morgan fingerprint density at radius 1 is 1.24 bits per heavy atom. The van der Waals surface area contributed by atoms with Gasteiger partial charge in [0.05, 0.1) is 24.4 Å². The van der Waals surface area contributed by atoms with Crippen molar-refractivity contribution in [2.24, 2.45) is 10.8 Å². The minimum absolute atomic E-state index is 0.342. The fourth-order valence-corrected chi connectivity index (χ4v) is 1.82. The highest BCUT2D eigenvalue weighted by atomic mass is 16.5. The van der Waals surface area contributed by atoms with Crippen LogP contribution in [0.1, 0.15) is 5.69 Å². The highest BCUT2D eigenvalue weighted by Crippen LogP contribution is 2.22. The Morgan fingerprint density at radius 3 is 2.86 bits per heavy atom. The van der Waals surface area contributed by atoms with E-state index in [4.69, 9.17) is 20.7 Å². The van der Waals surface area contributed by atoms with Crippen molar-refractivity contribution < 1.29 is 9.47 Å². The molecule has 0 radical (unpaired) electrons. The van der Waals surface area contributed by atoms with Crippen LogP contribution >= 0.6 is 0 Å². The van der Waals surface area contributed by atoms with Gasteiger partial charge in [-0.3, -0.25) is 0 Å². The van der Waals surface area contributed by atoms with Crippen LogP contribution in [-0.4, -0.2) is 31.3 Å². The summed E-state index contributed by atoms with van der Waals surface area (Å²) in [5.41, 5.74) is 14.0. The first kappa shape index (κ1) is 15.1. The number of nitrogens with two attached hydrogens (primary N) is 1. The highest BCUT2D eigenvalue weighted by Gasteiger charge is 2.03. The number of aromatic nitrogens is 1. The number of hydrogen-bond acceptors (Lipinski definition) is 6. The van der Waals surface area contributed by atoms with E-state index in [0.717, 1.165) is 16.7 Å². The molecule has 1 aromatic carbocycles. The van der Waals surface area contributed by atoms with Crippen molar-refractivity contribution in [1.82, 2.24) is 4.98 Å². The van der Waals surface area contributed by atoms with Gasteiger partial charge in [0.15, 0.2) is 0 Å². The summed E-state index contributed by atoms with van der Waals surface area (Å²) in [5.74, 6) is 0.761. The summed E-state index contributed by atoms with van der Waals surface area (Å²) in [7, 11) is 0. The van der Waals surface area contributed by atoms with Crippen LogP contribution in [-0.2, 0) is 4.74 Å². The monoisotopic (exact) mass is 286 g/mol. The summed E-state index contributed by atoms with van der Waals surface area (Å²) >= 11 is 0. The van der Waals surface area contributed by atoms with Gasteiger partial charge in [-0.25, -0.2) is 10.5 Å². The van der Waals surface area contributed by atoms with E-state index >= 15 is 0 Å². The molecule has 0 atom stereocenters. The largest absolute Gasteiger partial charge is 0.491 e. The minimum Gasteiger partial charge on any atom is -0.491 e. The fourth-order valence-electron chi connectivity index (χ4n) is 1.82. The molecular weight excluding hydrogens is 268 g/mol. The van der Waals surface area contributed by atoms with Gasteiger partial charge in [-0.15, -0.1) is 0 Å². The standard InChI is InChI=1S/C15H18N4O2/c1-11(19-17)14-4-2-12-10-13(3-5-15(12)18-14)21-9-8-20-7-6-16/h2-5,10,17H,1,6-9,16H2. The number of nitrogens with zero attached hydrogens (tertiary/aromatic N) is 2. The van der Waals surface area contributed by atoms with Gasteiger partial charge in [0.2, 0.25) is 0 Å². The van der Waals surface area contributed by atoms with Crippen molar-refractivity contribution in [2.75, 3.05) is 26.4 Å². The van der Waals surface area contributed by atoms with Gasteiger partial charge >= 0.3 is 0 Å². The van der Waals surface area contributed by atoms with E-state index in [-0.39, 0.29) is 0 Å². The maximum atomic E-state index is 6.96. The zero-order chi connectivity index (χ0) is 15.1. The molecule has 6 nitrogen and oxygen atoms in total. The molecule has 0 spiro atoms. The second-order valence-corrected chi connectivity index (χ2v) is 4.36. The van der Waals surface area contributed by atoms with Gasteiger partial charge in [0, 0.05) is 11.9 Å². The zero-order valence-corrected chi connectivity index (χ0v) is 11.7. The van der Waals surface area contributed by atoms with Crippen LogP contribution in [0.4, 0.5) is 0 Å². The molecule has 21 heavy (non-hydrogen) atoms. The van der Waals surface area contributed by atoms with Gasteiger partial charge in [0.1, 0.15) is 18.1 Å². The van der Waals surface area contributed by atoms with Gasteiger partial charge < -0.3 is 15.2 Å². The number of ether oxygens (including phenoxy) is 2. The Balaban J connectivity index is 2.04. The lowest BCUT2D eigenvalue weighted by Crippen LogP contribution is -2.13. The average molecular weight is 286 g/mol. The summed E-state index contributed by atoms with van der Waals surface area (Å²) in [4.78, 5) is 4.40. The van der Waals surface area contributed by atoms with Crippen molar-refractivity contribution >= 4 is 16.6 Å². The molecule has 0 bridgehead atoms. The molecule has 0 aliphatic heterocycles. The van der Waals surface area contributed by atoms with Crippen molar-refractivity contribution in [1.29, 1.82) is 5.53 Å². The first-order valence-electron chi connectivity index (χ1n) is 6.63. The molecule has 0 saturated carbocycles. The average Bonchev–Trinajstić information content (AvgIpc) is 2.53. The van der Waals surface area contributed by atoms with Crippen molar-refractivity contribution in [3.63, 3.8) is 0 Å². The molecule has 0 aliphatic rings. The third-order valence-corrected chi connectivity index (χ3v) is 2.85. The van der Waals surface area contributed by atoms with E-state index < -0.39 is 0 Å². The highest BCUT2D eigenvalue weighted by molar-refractivity contribution is 5.82. The predicted molar refractivity (Wildman–Crippen MR) is 81.3 cm³/mol. The SMILES string of the molecule is C=C(N=N)c1ccc2cc(OCCOCCN)ccc2n1. The van der Waals surface area contributed by atoms with Crippen LogP contribution in [0.25, 0.3) is 16.6 Å². The summed E-state index contributed by atoms with van der Waals surface area (Å²) in [6.07, 6.45) is 0. The Hall–Kier alpha value is -2.31. The van der Waals surface area contributed by atoms with E-state index in [1.165, 1.54) is 0 Å². The third kappa shape index (κ3) is 4.08. The first-order valence-corrected chi connectivity index (χ1v) is 6.63.